The molecule has 0 spiro atoms. The second-order valence-corrected chi connectivity index (χ2v) is 4.14. The zero-order valence-corrected chi connectivity index (χ0v) is 9.31. The van der Waals surface area contributed by atoms with Crippen LogP contribution < -0.4 is 11.1 Å². The quantitative estimate of drug-likeness (QED) is 0.569. The highest BCUT2D eigenvalue weighted by Crippen LogP contribution is 2.19. The molecule has 6 heteroatoms. The van der Waals surface area contributed by atoms with E-state index in [0.717, 1.165) is 6.42 Å². The molecule has 3 atom stereocenters. The summed E-state index contributed by atoms with van der Waals surface area (Å²) in [6.45, 7) is 2.41. The van der Waals surface area contributed by atoms with Gasteiger partial charge in [-0.1, -0.05) is 0 Å². The summed E-state index contributed by atoms with van der Waals surface area (Å²) < 4.78 is 5.30. The Morgan fingerprint density at radius 1 is 1.56 bits per heavy atom. The van der Waals surface area contributed by atoms with Crippen LogP contribution in [0.2, 0.25) is 0 Å². The van der Waals surface area contributed by atoms with E-state index in [1.54, 1.807) is 0 Å². The molecule has 6 nitrogen and oxygen atoms in total. The van der Waals surface area contributed by atoms with E-state index < -0.39 is 12.1 Å². The van der Waals surface area contributed by atoms with Gasteiger partial charge in [0.1, 0.15) is 0 Å². The lowest BCUT2D eigenvalue weighted by atomic mass is 10.2. The predicted octanol–water partition coefficient (Wildman–Crippen LogP) is -0.528. The molecule has 0 aromatic rings. The molecule has 0 radical (unpaired) electrons. The molecule has 0 bridgehead atoms. The predicted molar refractivity (Wildman–Crippen MR) is 56.8 cm³/mol. The molecule has 16 heavy (non-hydrogen) atoms. The molecule has 3 unspecified atom stereocenters. The van der Waals surface area contributed by atoms with E-state index in [2.05, 4.69) is 5.32 Å². The maximum Gasteiger partial charge on any atom is 0.332 e. The van der Waals surface area contributed by atoms with Crippen LogP contribution in [0, 0.1) is 0 Å². The minimum absolute atomic E-state index is 0.00928. The van der Waals surface area contributed by atoms with Gasteiger partial charge in [-0.25, -0.2) is 4.79 Å². The number of carboxylic acid groups (broad SMARTS) is 1. The van der Waals surface area contributed by atoms with Crippen LogP contribution in [0.25, 0.3) is 0 Å². The standard InChI is InChI=1S/C10H18N2O4/c1-6(4-9(11)13)12-5-7-2-3-8(16-7)10(14)15/h6-8,12H,2-5H2,1H3,(H2,11,13)(H,14,15). The Morgan fingerprint density at radius 3 is 2.75 bits per heavy atom. The minimum atomic E-state index is -0.910. The fourth-order valence-electron chi connectivity index (χ4n) is 1.74. The van der Waals surface area contributed by atoms with Crippen molar-refractivity contribution in [1.29, 1.82) is 0 Å². The molecule has 1 rings (SSSR count). The van der Waals surface area contributed by atoms with Crippen LogP contribution in [-0.4, -0.2) is 41.8 Å². The highest BCUT2D eigenvalue weighted by molar-refractivity contribution is 5.74. The van der Waals surface area contributed by atoms with Crippen molar-refractivity contribution in [3.8, 4) is 0 Å². The lowest BCUT2D eigenvalue weighted by Gasteiger charge is -2.16. The highest BCUT2D eigenvalue weighted by atomic mass is 16.5. The van der Waals surface area contributed by atoms with Crippen molar-refractivity contribution in [2.45, 2.75) is 44.4 Å². The zero-order chi connectivity index (χ0) is 12.1. The van der Waals surface area contributed by atoms with Crippen LogP contribution in [-0.2, 0) is 14.3 Å². The third-order valence-corrected chi connectivity index (χ3v) is 2.58. The van der Waals surface area contributed by atoms with Crippen LogP contribution >= 0.6 is 0 Å². The van der Waals surface area contributed by atoms with E-state index in [1.165, 1.54) is 0 Å². The fraction of sp³-hybridized carbons (Fsp3) is 0.800. The number of carboxylic acids is 1. The summed E-state index contributed by atoms with van der Waals surface area (Å²) in [7, 11) is 0. The lowest BCUT2D eigenvalue weighted by Crippen LogP contribution is -2.36. The Bertz CT molecular complexity index is 270. The maximum atomic E-state index is 10.6. The molecule has 1 heterocycles. The molecule has 0 aromatic carbocycles. The number of rotatable bonds is 6. The second-order valence-electron chi connectivity index (χ2n) is 4.14. The average Bonchev–Trinajstić information content (AvgIpc) is 2.61. The molecule has 0 aromatic heterocycles. The number of primary amides is 1. The smallest absolute Gasteiger partial charge is 0.332 e. The first-order valence-electron chi connectivity index (χ1n) is 5.39. The van der Waals surface area contributed by atoms with E-state index in [0.29, 0.717) is 13.0 Å². The number of nitrogens with one attached hydrogen (secondary N) is 1. The molecule has 1 aliphatic heterocycles. The molecule has 1 aliphatic rings. The van der Waals surface area contributed by atoms with Crippen molar-refractivity contribution in [2.75, 3.05) is 6.54 Å². The molecule has 0 aliphatic carbocycles. The number of nitrogens with two attached hydrogens (primary N) is 1. The van der Waals surface area contributed by atoms with E-state index in [4.69, 9.17) is 15.6 Å². The van der Waals surface area contributed by atoms with Gasteiger partial charge in [0.15, 0.2) is 6.10 Å². The summed E-state index contributed by atoms with van der Waals surface area (Å²) in [6.07, 6.45) is 0.781. The topological polar surface area (TPSA) is 102 Å². The Hall–Kier alpha value is -1.14. The summed E-state index contributed by atoms with van der Waals surface area (Å²) in [5, 5.41) is 11.8. The number of hydrogen-bond donors (Lipinski definition) is 3. The van der Waals surface area contributed by atoms with Crippen LogP contribution in [0.5, 0.6) is 0 Å². The van der Waals surface area contributed by atoms with Gasteiger partial charge in [0, 0.05) is 19.0 Å². The van der Waals surface area contributed by atoms with Crippen molar-refractivity contribution in [3.05, 3.63) is 0 Å². The molecular weight excluding hydrogens is 212 g/mol. The fourth-order valence-corrected chi connectivity index (χ4v) is 1.74. The Kier molecular flexibility index (Phi) is 4.70. The van der Waals surface area contributed by atoms with Gasteiger partial charge >= 0.3 is 5.97 Å². The van der Waals surface area contributed by atoms with Crippen molar-refractivity contribution >= 4 is 11.9 Å². The maximum absolute atomic E-state index is 10.6. The molecule has 1 amide bonds. The molecule has 1 fully saturated rings. The Morgan fingerprint density at radius 2 is 2.25 bits per heavy atom. The number of hydrogen-bond acceptors (Lipinski definition) is 4. The van der Waals surface area contributed by atoms with Gasteiger partial charge in [-0.3, -0.25) is 4.79 Å². The molecular formula is C10H18N2O4. The van der Waals surface area contributed by atoms with Crippen molar-refractivity contribution < 1.29 is 19.4 Å². The van der Waals surface area contributed by atoms with Crippen molar-refractivity contribution in [3.63, 3.8) is 0 Å². The normalized spacial score (nSPS) is 26.6. The first-order valence-corrected chi connectivity index (χ1v) is 5.39. The van der Waals surface area contributed by atoms with Gasteiger partial charge in [-0.05, 0) is 19.8 Å². The number of ether oxygens (including phenoxy) is 1. The average molecular weight is 230 g/mol. The lowest BCUT2D eigenvalue weighted by molar-refractivity contribution is -0.149. The monoisotopic (exact) mass is 230 g/mol. The Labute approximate surface area is 94.1 Å². The van der Waals surface area contributed by atoms with E-state index in [9.17, 15) is 9.59 Å². The minimum Gasteiger partial charge on any atom is -0.479 e. The summed E-state index contributed by atoms with van der Waals surface area (Å²) >= 11 is 0. The van der Waals surface area contributed by atoms with Gasteiger partial charge in [-0.15, -0.1) is 0 Å². The van der Waals surface area contributed by atoms with Crippen LogP contribution in [0.3, 0.4) is 0 Å². The van der Waals surface area contributed by atoms with E-state index >= 15 is 0 Å². The summed E-state index contributed by atoms with van der Waals surface area (Å²) in [5.74, 6) is -1.26. The van der Waals surface area contributed by atoms with Gasteiger partial charge in [0.25, 0.3) is 0 Å². The Balaban J connectivity index is 2.19. The van der Waals surface area contributed by atoms with E-state index in [1.807, 2.05) is 6.92 Å². The molecule has 4 N–H and O–H groups in total. The zero-order valence-electron chi connectivity index (χ0n) is 9.31. The van der Waals surface area contributed by atoms with Crippen LogP contribution in [0.4, 0.5) is 0 Å². The van der Waals surface area contributed by atoms with Crippen LogP contribution in [0.15, 0.2) is 0 Å². The summed E-state index contributed by atoms with van der Waals surface area (Å²) in [6, 6.07) is -0.00928. The number of carbonyl (C=O) groups is 2. The second kappa shape index (κ2) is 5.81. The first kappa shape index (κ1) is 12.9. The van der Waals surface area contributed by atoms with Gasteiger partial charge < -0.3 is 20.9 Å². The van der Waals surface area contributed by atoms with Crippen LogP contribution in [0.1, 0.15) is 26.2 Å². The third-order valence-electron chi connectivity index (χ3n) is 2.58. The molecule has 0 saturated carbocycles. The van der Waals surface area contributed by atoms with Crippen molar-refractivity contribution in [2.24, 2.45) is 5.73 Å². The molecule has 1 saturated heterocycles. The summed E-state index contributed by atoms with van der Waals surface area (Å²) in [4.78, 5) is 21.2. The number of aliphatic carboxylic acids is 1. The SMILES string of the molecule is CC(CC(N)=O)NCC1CCC(C(=O)O)O1. The van der Waals surface area contributed by atoms with Gasteiger partial charge in [0.2, 0.25) is 5.91 Å². The third kappa shape index (κ3) is 4.16. The first-order chi connectivity index (χ1) is 7.49. The number of carbonyl (C=O) groups excluding carboxylic acids is 1. The number of amides is 1. The van der Waals surface area contributed by atoms with E-state index in [-0.39, 0.29) is 24.5 Å². The largest absolute Gasteiger partial charge is 0.479 e. The van der Waals surface area contributed by atoms with Crippen molar-refractivity contribution in [1.82, 2.24) is 5.32 Å². The highest BCUT2D eigenvalue weighted by Gasteiger charge is 2.30. The summed E-state index contributed by atoms with van der Waals surface area (Å²) in [5.41, 5.74) is 5.05. The van der Waals surface area contributed by atoms with Gasteiger partial charge in [0.05, 0.1) is 6.10 Å². The van der Waals surface area contributed by atoms with Gasteiger partial charge in [-0.2, -0.15) is 0 Å². The molecule has 92 valence electrons.